The lowest BCUT2D eigenvalue weighted by Crippen LogP contribution is -2.46. The summed E-state index contributed by atoms with van der Waals surface area (Å²) in [5.41, 5.74) is 0.218. The highest BCUT2D eigenvalue weighted by Crippen LogP contribution is 2.11. The molecular formula is C15H20BrNO5. The average molecular weight is 374 g/mol. The SMILES string of the molecule is CC(C)(C)OC(=O)N[C@@H](COCc1ccc(Br)cc1)C(=O)O. The number of nitrogens with one attached hydrogen (secondary N) is 1. The number of alkyl carbamates (subject to hydrolysis) is 1. The molecule has 0 heterocycles. The third-order valence-electron chi connectivity index (χ3n) is 2.46. The zero-order valence-electron chi connectivity index (χ0n) is 12.8. The Bertz CT molecular complexity index is 510. The van der Waals surface area contributed by atoms with Gasteiger partial charge >= 0.3 is 12.1 Å². The van der Waals surface area contributed by atoms with E-state index in [2.05, 4.69) is 21.2 Å². The van der Waals surface area contributed by atoms with Crippen LogP contribution in [-0.4, -0.2) is 35.4 Å². The summed E-state index contributed by atoms with van der Waals surface area (Å²) in [6.07, 6.45) is -0.785. The largest absolute Gasteiger partial charge is 0.480 e. The topological polar surface area (TPSA) is 84.9 Å². The van der Waals surface area contributed by atoms with Crippen molar-refractivity contribution in [1.82, 2.24) is 5.32 Å². The Hall–Kier alpha value is -1.60. The number of hydrogen-bond acceptors (Lipinski definition) is 4. The van der Waals surface area contributed by atoms with E-state index in [-0.39, 0.29) is 13.2 Å². The second-order valence-corrected chi connectivity index (χ2v) is 6.59. The van der Waals surface area contributed by atoms with Crippen LogP contribution in [0, 0.1) is 0 Å². The van der Waals surface area contributed by atoms with Gasteiger partial charge < -0.3 is 19.9 Å². The average Bonchev–Trinajstić information content (AvgIpc) is 2.37. The molecule has 7 heteroatoms. The lowest BCUT2D eigenvalue weighted by atomic mass is 10.2. The summed E-state index contributed by atoms with van der Waals surface area (Å²) in [6, 6.07) is 6.30. The van der Waals surface area contributed by atoms with Crippen molar-refractivity contribution in [1.29, 1.82) is 0 Å². The molecule has 22 heavy (non-hydrogen) atoms. The van der Waals surface area contributed by atoms with Crippen LogP contribution in [0.1, 0.15) is 26.3 Å². The molecule has 1 atom stereocenters. The van der Waals surface area contributed by atoms with Gasteiger partial charge in [0.1, 0.15) is 5.60 Å². The Kier molecular flexibility index (Phi) is 6.83. The van der Waals surface area contributed by atoms with Crippen molar-refractivity contribution in [3.63, 3.8) is 0 Å². The Balaban J connectivity index is 2.46. The second-order valence-electron chi connectivity index (χ2n) is 5.68. The van der Waals surface area contributed by atoms with Crippen LogP contribution in [0.3, 0.4) is 0 Å². The van der Waals surface area contributed by atoms with Gasteiger partial charge in [-0.2, -0.15) is 0 Å². The molecular weight excluding hydrogens is 354 g/mol. The Morgan fingerprint density at radius 1 is 1.27 bits per heavy atom. The fourth-order valence-corrected chi connectivity index (χ4v) is 1.76. The number of halogens is 1. The zero-order chi connectivity index (χ0) is 16.8. The molecule has 0 aliphatic heterocycles. The molecule has 0 aliphatic carbocycles. The highest BCUT2D eigenvalue weighted by atomic mass is 79.9. The summed E-state index contributed by atoms with van der Waals surface area (Å²) in [4.78, 5) is 22.7. The van der Waals surface area contributed by atoms with E-state index in [0.717, 1.165) is 10.0 Å². The molecule has 0 aliphatic rings. The van der Waals surface area contributed by atoms with Crippen molar-refractivity contribution in [3.05, 3.63) is 34.3 Å². The molecule has 0 radical (unpaired) electrons. The normalized spacial score (nSPS) is 12.5. The number of benzene rings is 1. The third-order valence-corrected chi connectivity index (χ3v) is 2.98. The van der Waals surface area contributed by atoms with Crippen LogP contribution in [0.15, 0.2) is 28.7 Å². The molecule has 0 aromatic heterocycles. The number of hydrogen-bond donors (Lipinski definition) is 2. The maximum absolute atomic E-state index is 11.6. The fraction of sp³-hybridized carbons (Fsp3) is 0.467. The highest BCUT2D eigenvalue weighted by molar-refractivity contribution is 9.10. The highest BCUT2D eigenvalue weighted by Gasteiger charge is 2.24. The smallest absolute Gasteiger partial charge is 0.408 e. The summed E-state index contributed by atoms with van der Waals surface area (Å²) < 4.78 is 11.3. The van der Waals surface area contributed by atoms with Crippen LogP contribution in [0.5, 0.6) is 0 Å². The Morgan fingerprint density at radius 2 is 1.86 bits per heavy atom. The minimum absolute atomic E-state index is 0.148. The first-order valence-electron chi connectivity index (χ1n) is 6.72. The van der Waals surface area contributed by atoms with Gasteiger partial charge in [-0.25, -0.2) is 9.59 Å². The molecule has 1 rings (SSSR count). The van der Waals surface area contributed by atoms with Gasteiger partial charge in [0.2, 0.25) is 0 Å². The maximum atomic E-state index is 11.6. The van der Waals surface area contributed by atoms with Gasteiger partial charge in [-0.3, -0.25) is 0 Å². The van der Waals surface area contributed by atoms with Crippen molar-refractivity contribution in [3.8, 4) is 0 Å². The molecule has 0 fully saturated rings. The van der Waals surface area contributed by atoms with E-state index in [9.17, 15) is 9.59 Å². The Morgan fingerprint density at radius 3 is 2.36 bits per heavy atom. The summed E-state index contributed by atoms with van der Waals surface area (Å²) in [7, 11) is 0. The summed E-state index contributed by atoms with van der Waals surface area (Å²) in [5.74, 6) is -1.18. The first-order valence-corrected chi connectivity index (χ1v) is 7.51. The predicted octanol–water partition coefficient (Wildman–Crippen LogP) is 2.94. The van der Waals surface area contributed by atoms with E-state index < -0.39 is 23.7 Å². The number of carboxylic acid groups (broad SMARTS) is 1. The van der Waals surface area contributed by atoms with E-state index in [1.54, 1.807) is 20.8 Å². The van der Waals surface area contributed by atoms with Gasteiger partial charge in [0.25, 0.3) is 0 Å². The van der Waals surface area contributed by atoms with E-state index in [4.69, 9.17) is 14.6 Å². The molecule has 6 nitrogen and oxygen atoms in total. The zero-order valence-corrected chi connectivity index (χ0v) is 14.3. The van der Waals surface area contributed by atoms with Crippen molar-refractivity contribution in [2.45, 2.75) is 39.0 Å². The maximum Gasteiger partial charge on any atom is 0.408 e. The minimum atomic E-state index is -1.18. The number of carbonyl (C=O) groups excluding carboxylic acids is 1. The molecule has 1 aromatic carbocycles. The van der Waals surface area contributed by atoms with E-state index in [1.807, 2.05) is 24.3 Å². The molecule has 0 unspecified atom stereocenters. The molecule has 122 valence electrons. The van der Waals surface area contributed by atoms with Gasteiger partial charge in [-0.05, 0) is 38.5 Å². The van der Waals surface area contributed by atoms with Crippen LogP contribution in [-0.2, 0) is 20.9 Å². The molecule has 0 spiro atoms. The van der Waals surface area contributed by atoms with Crippen LogP contribution in [0.2, 0.25) is 0 Å². The first kappa shape index (κ1) is 18.4. The van der Waals surface area contributed by atoms with Gasteiger partial charge in [0.05, 0.1) is 13.2 Å². The quantitative estimate of drug-likeness (QED) is 0.800. The van der Waals surface area contributed by atoms with Crippen molar-refractivity contribution >= 4 is 28.0 Å². The molecule has 1 aromatic rings. The van der Waals surface area contributed by atoms with Gasteiger partial charge in [0.15, 0.2) is 6.04 Å². The van der Waals surface area contributed by atoms with E-state index >= 15 is 0 Å². The monoisotopic (exact) mass is 373 g/mol. The van der Waals surface area contributed by atoms with Gasteiger partial charge in [0, 0.05) is 4.47 Å². The van der Waals surface area contributed by atoms with E-state index in [1.165, 1.54) is 0 Å². The van der Waals surface area contributed by atoms with Gasteiger partial charge in [-0.1, -0.05) is 28.1 Å². The van der Waals surface area contributed by atoms with Crippen LogP contribution >= 0.6 is 15.9 Å². The summed E-state index contributed by atoms with van der Waals surface area (Å²) in [6.45, 7) is 5.21. The van der Waals surface area contributed by atoms with Crippen molar-refractivity contribution in [2.24, 2.45) is 0 Å². The number of carboxylic acids is 1. The molecule has 0 saturated heterocycles. The number of carbonyl (C=O) groups is 2. The number of ether oxygens (including phenoxy) is 2. The summed E-state index contributed by atoms with van der Waals surface area (Å²) >= 11 is 3.33. The predicted molar refractivity (Wildman–Crippen MR) is 84.6 cm³/mol. The standard InChI is InChI=1S/C15H20BrNO5/c1-15(2,3)22-14(20)17-12(13(18)19)9-21-8-10-4-6-11(16)7-5-10/h4-7,12H,8-9H2,1-3H3,(H,17,20)(H,18,19)/t12-/m0/s1. The number of rotatable bonds is 6. The van der Waals surface area contributed by atoms with Crippen molar-refractivity contribution < 1.29 is 24.2 Å². The number of aliphatic carboxylic acids is 1. The van der Waals surface area contributed by atoms with Crippen LogP contribution in [0.4, 0.5) is 4.79 Å². The lowest BCUT2D eigenvalue weighted by molar-refractivity contribution is -0.141. The number of amides is 1. The fourth-order valence-electron chi connectivity index (χ4n) is 1.50. The molecule has 0 bridgehead atoms. The third kappa shape index (κ3) is 7.42. The summed E-state index contributed by atoms with van der Waals surface area (Å²) in [5, 5.41) is 11.4. The van der Waals surface area contributed by atoms with Crippen LogP contribution < -0.4 is 5.32 Å². The molecule has 0 saturated carbocycles. The minimum Gasteiger partial charge on any atom is -0.480 e. The molecule has 2 N–H and O–H groups in total. The van der Waals surface area contributed by atoms with Gasteiger partial charge in [-0.15, -0.1) is 0 Å². The Labute approximate surface area is 137 Å². The van der Waals surface area contributed by atoms with Crippen LogP contribution in [0.25, 0.3) is 0 Å². The first-order chi connectivity index (χ1) is 10.2. The van der Waals surface area contributed by atoms with E-state index in [0.29, 0.717) is 0 Å². The lowest BCUT2D eigenvalue weighted by Gasteiger charge is -2.22. The second kappa shape index (κ2) is 8.14. The van der Waals surface area contributed by atoms with Crippen molar-refractivity contribution in [2.75, 3.05) is 6.61 Å². The molecule has 1 amide bonds.